The van der Waals surface area contributed by atoms with Crippen molar-refractivity contribution in [2.24, 2.45) is 10.9 Å². The number of hydrogen-bond acceptors (Lipinski definition) is 7. The minimum Gasteiger partial charge on any atom is -0.365 e. The minimum absolute atomic E-state index is 0.0350. The Morgan fingerprint density at radius 3 is 2.41 bits per heavy atom. The van der Waals surface area contributed by atoms with E-state index in [2.05, 4.69) is 36.5 Å². The normalized spacial score (nSPS) is 11.1. The molecule has 1 amide bonds. The fraction of sp³-hybridized carbons (Fsp3) is 0. The topological polar surface area (TPSA) is 153 Å². The van der Waals surface area contributed by atoms with Crippen LogP contribution < -0.4 is 21.5 Å². The second-order valence-electron chi connectivity index (χ2n) is 5.74. The van der Waals surface area contributed by atoms with E-state index in [1.807, 2.05) is 0 Å². The molecule has 6 N–H and O–H groups in total. The Labute approximate surface area is 173 Å². The Morgan fingerprint density at radius 1 is 1.10 bits per heavy atom. The molecule has 9 nitrogen and oxygen atoms in total. The van der Waals surface area contributed by atoms with Gasteiger partial charge >= 0.3 is 0 Å². The number of benzene rings is 2. The average molecular weight is 481 g/mol. The first kappa shape index (κ1) is 20.6. The maximum absolute atomic E-state index is 13.9. The third-order valence-corrected chi connectivity index (χ3v) is 5.21. The molecule has 29 heavy (non-hydrogen) atoms. The summed E-state index contributed by atoms with van der Waals surface area (Å²) in [5.74, 6) is -1.28. The van der Waals surface area contributed by atoms with E-state index in [9.17, 15) is 17.6 Å². The van der Waals surface area contributed by atoms with Crippen molar-refractivity contribution in [3.8, 4) is 0 Å². The molecule has 1 aromatic heterocycles. The van der Waals surface area contributed by atoms with Gasteiger partial charge in [-0.05, 0) is 52.3 Å². The first-order chi connectivity index (χ1) is 13.6. The van der Waals surface area contributed by atoms with Crippen LogP contribution in [0, 0.1) is 5.82 Å². The number of primary sulfonamides is 1. The molecule has 0 fully saturated rings. The number of halogens is 2. The summed E-state index contributed by atoms with van der Waals surface area (Å²) in [5, 5.41) is 10.8. The number of nitrogens with zero attached hydrogens (tertiary/aromatic N) is 2. The van der Waals surface area contributed by atoms with Crippen molar-refractivity contribution in [3.05, 3.63) is 64.5 Å². The van der Waals surface area contributed by atoms with Gasteiger partial charge < -0.3 is 16.4 Å². The molecule has 0 bridgehead atoms. The molecule has 0 aliphatic carbocycles. The highest BCUT2D eigenvalue weighted by atomic mass is 79.9. The van der Waals surface area contributed by atoms with Crippen LogP contribution in [0.1, 0.15) is 10.4 Å². The van der Waals surface area contributed by atoms with Crippen LogP contribution in [0.3, 0.4) is 0 Å². The molecule has 0 spiro atoms. The molecule has 3 rings (SSSR count). The molecule has 3 aromatic rings. The predicted octanol–water partition coefficient (Wildman–Crippen LogP) is 2.61. The van der Waals surface area contributed by atoms with Gasteiger partial charge in [0, 0.05) is 11.9 Å². The number of aromatic nitrogens is 2. The SMILES string of the molecule is NC(=O)c1c(F)cccc1Nc1nc(Nc2ccc(S(N)(=O)=O)cc2)ncc1Br. The number of anilines is 4. The predicted molar refractivity (Wildman–Crippen MR) is 109 cm³/mol. The highest BCUT2D eigenvalue weighted by molar-refractivity contribution is 9.10. The number of sulfonamides is 1. The van der Waals surface area contributed by atoms with Crippen LogP contribution in [-0.4, -0.2) is 24.3 Å². The van der Waals surface area contributed by atoms with E-state index in [0.29, 0.717) is 10.2 Å². The molecule has 2 aromatic carbocycles. The molecular formula is C17H14BrFN6O3S. The van der Waals surface area contributed by atoms with Gasteiger partial charge in [-0.25, -0.2) is 22.9 Å². The van der Waals surface area contributed by atoms with E-state index in [4.69, 9.17) is 10.9 Å². The van der Waals surface area contributed by atoms with E-state index < -0.39 is 21.7 Å². The van der Waals surface area contributed by atoms with E-state index in [0.717, 1.165) is 6.07 Å². The Balaban J connectivity index is 1.88. The first-order valence-electron chi connectivity index (χ1n) is 7.93. The Bertz CT molecular complexity index is 1190. The molecule has 0 saturated carbocycles. The van der Waals surface area contributed by atoms with E-state index in [1.54, 1.807) is 0 Å². The molecule has 0 saturated heterocycles. The fourth-order valence-corrected chi connectivity index (χ4v) is 3.18. The summed E-state index contributed by atoms with van der Waals surface area (Å²) in [6, 6.07) is 9.69. The summed E-state index contributed by atoms with van der Waals surface area (Å²) in [4.78, 5) is 19.9. The van der Waals surface area contributed by atoms with Crippen molar-refractivity contribution in [2.45, 2.75) is 4.90 Å². The third kappa shape index (κ3) is 4.85. The van der Waals surface area contributed by atoms with Gasteiger partial charge in [0.1, 0.15) is 11.6 Å². The quantitative estimate of drug-likeness (QED) is 0.422. The van der Waals surface area contributed by atoms with Crippen molar-refractivity contribution in [3.63, 3.8) is 0 Å². The summed E-state index contributed by atoms with van der Waals surface area (Å²) < 4.78 is 37.0. The molecule has 1 heterocycles. The fourth-order valence-electron chi connectivity index (χ4n) is 2.38. The Morgan fingerprint density at radius 2 is 1.79 bits per heavy atom. The summed E-state index contributed by atoms with van der Waals surface area (Å²) in [7, 11) is -3.80. The van der Waals surface area contributed by atoms with Gasteiger partial charge in [-0.15, -0.1) is 0 Å². The molecule has 150 valence electrons. The van der Waals surface area contributed by atoms with Crippen LogP contribution >= 0.6 is 15.9 Å². The number of carbonyl (C=O) groups is 1. The van der Waals surface area contributed by atoms with Crippen molar-refractivity contribution in [2.75, 3.05) is 10.6 Å². The van der Waals surface area contributed by atoms with Crippen LogP contribution in [0.4, 0.5) is 27.5 Å². The lowest BCUT2D eigenvalue weighted by molar-refractivity contribution is 0.0997. The average Bonchev–Trinajstić information content (AvgIpc) is 2.64. The highest BCUT2D eigenvalue weighted by Gasteiger charge is 2.16. The number of rotatable bonds is 6. The van der Waals surface area contributed by atoms with Gasteiger partial charge in [-0.2, -0.15) is 4.98 Å². The number of nitrogens with one attached hydrogen (secondary N) is 2. The summed E-state index contributed by atoms with van der Waals surface area (Å²) in [6.07, 6.45) is 1.44. The van der Waals surface area contributed by atoms with Gasteiger partial charge in [-0.1, -0.05) is 6.07 Å². The Hall–Kier alpha value is -3.09. The standard InChI is InChI=1S/C17H14BrFN6O3S/c18-11-8-22-17(23-9-4-6-10(7-5-9)29(21,27)28)25-16(11)24-13-3-1-2-12(19)14(13)15(20)26/h1-8H,(H2,20,26)(H2,21,27,28)(H2,22,23,24,25). The molecule has 0 unspecified atom stereocenters. The maximum Gasteiger partial charge on any atom is 0.253 e. The van der Waals surface area contributed by atoms with Crippen molar-refractivity contribution in [1.29, 1.82) is 0 Å². The molecule has 0 radical (unpaired) electrons. The van der Waals surface area contributed by atoms with Gasteiger partial charge in [0.05, 0.1) is 20.6 Å². The van der Waals surface area contributed by atoms with Crippen LogP contribution in [0.2, 0.25) is 0 Å². The van der Waals surface area contributed by atoms with Crippen molar-refractivity contribution in [1.82, 2.24) is 9.97 Å². The smallest absolute Gasteiger partial charge is 0.253 e. The van der Waals surface area contributed by atoms with Crippen LogP contribution in [-0.2, 0) is 10.0 Å². The van der Waals surface area contributed by atoms with Crippen LogP contribution in [0.15, 0.2) is 58.0 Å². The second kappa shape index (κ2) is 8.11. The number of amides is 1. The van der Waals surface area contributed by atoms with E-state index in [-0.39, 0.29) is 27.9 Å². The zero-order valence-electron chi connectivity index (χ0n) is 14.6. The van der Waals surface area contributed by atoms with Gasteiger partial charge in [-0.3, -0.25) is 4.79 Å². The Kier molecular flexibility index (Phi) is 5.77. The zero-order chi connectivity index (χ0) is 21.2. The number of hydrogen-bond donors (Lipinski definition) is 4. The third-order valence-electron chi connectivity index (χ3n) is 3.70. The molecule has 0 atom stereocenters. The molecular weight excluding hydrogens is 467 g/mol. The van der Waals surface area contributed by atoms with Crippen LogP contribution in [0.5, 0.6) is 0 Å². The van der Waals surface area contributed by atoms with Gasteiger partial charge in [0.15, 0.2) is 0 Å². The second-order valence-corrected chi connectivity index (χ2v) is 8.15. The highest BCUT2D eigenvalue weighted by Crippen LogP contribution is 2.28. The first-order valence-corrected chi connectivity index (χ1v) is 10.3. The van der Waals surface area contributed by atoms with E-state index >= 15 is 0 Å². The number of carbonyl (C=O) groups excluding carboxylic acids is 1. The lowest BCUT2D eigenvalue weighted by Gasteiger charge is -2.13. The lowest BCUT2D eigenvalue weighted by atomic mass is 10.1. The summed E-state index contributed by atoms with van der Waals surface area (Å²) >= 11 is 3.28. The van der Waals surface area contributed by atoms with Crippen molar-refractivity contribution < 1.29 is 17.6 Å². The van der Waals surface area contributed by atoms with Gasteiger partial charge in [0.2, 0.25) is 16.0 Å². The summed E-state index contributed by atoms with van der Waals surface area (Å²) in [5.41, 5.74) is 5.60. The molecule has 0 aliphatic rings. The molecule has 12 heteroatoms. The maximum atomic E-state index is 13.9. The largest absolute Gasteiger partial charge is 0.365 e. The van der Waals surface area contributed by atoms with E-state index in [1.165, 1.54) is 42.6 Å². The minimum atomic E-state index is -3.80. The number of nitrogens with two attached hydrogens (primary N) is 2. The zero-order valence-corrected chi connectivity index (χ0v) is 17.0. The molecule has 0 aliphatic heterocycles. The summed E-state index contributed by atoms with van der Waals surface area (Å²) in [6.45, 7) is 0. The monoisotopic (exact) mass is 480 g/mol. The lowest BCUT2D eigenvalue weighted by Crippen LogP contribution is -2.16. The van der Waals surface area contributed by atoms with Gasteiger partial charge in [0.25, 0.3) is 5.91 Å². The number of primary amides is 1. The van der Waals surface area contributed by atoms with Crippen molar-refractivity contribution >= 4 is 55.0 Å². The van der Waals surface area contributed by atoms with Crippen LogP contribution in [0.25, 0.3) is 0 Å².